The van der Waals surface area contributed by atoms with Gasteiger partial charge in [0, 0.05) is 31.1 Å². The third-order valence-corrected chi connectivity index (χ3v) is 4.28. The van der Waals surface area contributed by atoms with Gasteiger partial charge in [-0.2, -0.15) is 0 Å². The summed E-state index contributed by atoms with van der Waals surface area (Å²) in [6.07, 6.45) is 4.97. The van der Waals surface area contributed by atoms with Crippen LogP contribution < -0.4 is 10.1 Å². The van der Waals surface area contributed by atoms with E-state index in [9.17, 15) is 4.79 Å². The number of rotatable bonds is 7. The third-order valence-electron chi connectivity index (χ3n) is 4.28. The minimum atomic E-state index is -0.0830. The van der Waals surface area contributed by atoms with Crippen LogP contribution in [0.5, 0.6) is 5.75 Å². The summed E-state index contributed by atoms with van der Waals surface area (Å²) < 4.78 is 5.48. The molecule has 124 valence electrons. The largest absolute Gasteiger partial charge is 0.496 e. The van der Waals surface area contributed by atoms with Crippen molar-refractivity contribution >= 4 is 5.91 Å². The molecular weight excluding hydrogens is 288 g/mol. The summed E-state index contributed by atoms with van der Waals surface area (Å²) >= 11 is 0. The molecule has 23 heavy (non-hydrogen) atoms. The number of carbonyl (C=O) groups excluding carboxylic acids is 1. The molecule has 1 heterocycles. The van der Waals surface area contributed by atoms with Crippen LogP contribution in [0.1, 0.15) is 24.4 Å². The normalized spacial score (nSPS) is 17.8. The van der Waals surface area contributed by atoms with Gasteiger partial charge in [0.05, 0.1) is 13.2 Å². The summed E-state index contributed by atoms with van der Waals surface area (Å²) in [6, 6.07) is 7.90. The molecule has 0 aliphatic carbocycles. The van der Waals surface area contributed by atoms with Crippen LogP contribution in [0, 0.1) is 5.92 Å². The fraction of sp³-hybridized carbons (Fsp3) is 0.421. The second-order valence-electron chi connectivity index (χ2n) is 5.74. The number of ether oxygens (including phenoxy) is 1. The highest BCUT2D eigenvalue weighted by Gasteiger charge is 2.32. The Morgan fingerprint density at radius 3 is 2.74 bits per heavy atom. The summed E-state index contributed by atoms with van der Waals surface area (Å²) in [4.78, 5) is 15.0. The van der Waals surface area contributed by atoms with E-state index in [0.29, 0.717) is 19.4 Å². The number of nitrogens with zero attached hydrogens (tertiary/aromatic N) is 1. The molecule has 1 amide bonds. The number of carbonyl (C=O) groups is 1. The highest BCUT2D eigenvalue weighted by Crippen LogP contribution is 2.31. The molecule has 1 saturated heterocycles. The first-order valence-electron chi connectivity index (χ1n) is 8.08. The second kappa shape index (κ2) is 8.53. The Hall–Kier alpha value is -2.07. The standard InChI is InChI=1S/C19H26N2O2/c1-4-8-15(9-5-2)19(22)21-13-12-20-14-17(21)16-10-6-7-11-18(16)23-3/h4-7,10-11,15,17,20H,1-2,8-9,12-14H2,3H3. The van der Waals surface area contributed by atoms with Gasteiger partial charge < -0.3 is 15.0 Å². The van der Waals surface area contributed by atoms with Gasteiger partial charge in [-0.1, -0.05) is 30.4 Å². The third kappa shape index (κ3) is 4.02. The summed E-state index contributed by atoms with van der Waals surface area (Å²) in [5.74, 6) is 0.908. The number of allylic oxidation sites excluding steroid dienone is 2. The van der Waals surface area contributed by atoms with Crippen LogP contribution in [0.15, 0.2) is 49.6 Å². The molecule has 0 spiro atoms. The molecule has 0 saturated carbocycles. The lowest BCUT2D eigenvalue weighted by Crippen LogP contribution is -2.50. The molecular formula is C19H26N2O2. The molecule has 0 aromatic heterocycles. The molecule has 0 radical (unpaired) electrons. The van der Waals surface area contributed by atoms with Crippen LogP contribution in [0.2, 0.25) is 0 Å². The Bertz CT molecular complexity index is 546. The number of amides is 1. The van der Waals surface area contributed by atoms with E-state index in [1.165, 1.54) is 0 Å². The average molecular weight is 314 g/mol. The summed E-state index contributed by atoms with van der Waals surface area (Å²) in [6.45, 7) is 9.80. The van der Waals surface area contributed by atoms with E-state index < -0.39 is 0 Å². The lowest BCUT2D eigenvalue weighted by atomic mass is 9.95. The summed E-state index contributed by atoms with van der Waals surface area (Å²) in [5.41, 5.74) is 1.05. The Kier molecular flexibility index (Phi) is 6.41. The van der Waals surface area contributed by atoms with Crippen molar-refractivity contribution in [2.45, 2.75) is 18.9 Å². The Balaban J connectivity index is 2.28. The maximum Gasteiger partial charge on any atom is 0.226 e. The Labute approximate surface area is 138 Å². The van der Waals surface area contributed by atoms with Crippen molar-refractivity contribution < 1.29 is 9.53 Å². The van der Waals surface area contributed by atoms with Crippen LogP contribution in [-0.2, 0) is 4.79 Å². The molecule has 1 aliphatic heterocycles. The van der Waals surface area contributed by atoms with Gasteiger partial charge >= 0.3 is 0 Å². The fourth-order valence-electron chi connectivity index (χ4n) is 3.12. The van der Waals surface area contributed by atoms with Crippen molar-refractivity contribution in [3.05, 3.63) is 55.1 Å². The quantitative estimate of drug-likeness (QED) is 0.787. The molecule has 1 N–H and O–H groups in total. The van der Waals surface area contributed by atoms with E-state index in [1.54, 1.807) is 7.11 Å². The molecule has 0 bridgehead atoms. The molecule has 1 aliphatic rings. The zero-order chi connectivity index (χ0) is 16.7. The number of hydrogen-bond donors (Lipinski definition) is 1. The summed E-state index contributed by atoms with van der Waals surface area (Å²) in [5, 5.41) is 3.38. The topological polar surface area (TPSA) is 41.6 Å². The van der Waals surface area contributed by atoms with Crippen molar-refractivity contribution in [2.75, 3.05) is 26.7 Å². The van der Waals surface area contributed by atoms with Gasteiger partial charge in [0.15, 0.2) is 0 Å². The van der Waals surface area contributed by atoms with E-state index in [0.717, 1.165) is 24.4 Å². The average Bonchev–Trinajstić information content (AvgIpc) is 2.61. The lowest BCUT2D eigenvalue weighted by molar-refractivity contribution is -0.138. The molecule has 2 rings (SSSR count). The first-order chi connectivity index (χ1) is 11.2. The number of piperazine rings is 1. The molecule has 4 heteroatoms. The molecule has 4 nitrogen and oxygen atoms in total. The van der Waals surface area contributed by atoms with Gasteiger partial charge in [0.2, 0.25) is 5.91 Å². The van der Waals surface area contributed by atoms with Gasteiger partial charge in [0.1, 0.15) is 5.75 Å². The minimum Gasteiger partial charge on any atom is -0.496 e. The van der Waals surface area contributed by atoms with Gasteiger partial charge in [0.25, 0.3) is 0 Å². The van der Waals surface area contributed by atoms with Crippen molar-refractivity contribution in [1.82, 2.24) is 10.2 Å². The smallest absolute Gasteiger partial charge is 0.226 e. The molecule has 1 aromatic rings. The molecule has 1 unspecified atom stereocenters. The van der Waals surface area contributed by atoms with Crippen molar-refractivity contribution in [3.63, 3.8) is 0 Å². The Morgan fingerprint density at radius 2 is 2.09 bits per heavy atom. The highest BCUT2D eigenvalue weighted by molar-refractivity contribution is 5.80. The number of hydrogen-bond acceptors (Lipinski definition) is 3. The predicted octanol–water partition coefficient (Wildman–Crippen LogP) is 2.94. The lowest BCUT2D eigenvalue weighted by Gasteiger charge is -2.38. The highest BCUT2D eigenvalue weighted by atomic mass is 16.5. The molecule has 1 fully saturated rings. The predicted molar refractivity (Wildman–Crippen MR) is 93.4 cm³/mol. The zero-order valence-electron chi connectivity index (χ0n) is 13.8. The monoisotopic (exact) mass is 314 g/mol. The second-order valence-corrected chi connectivity index (χ2v) is 5.74. The number of para-hydroxylation sites is 1. The van der Waals surface area contributed by atoms with Crippen LogP contribution in [-0.4, -0.2) is 37.6 Å². The van der Waals surface area contributed by atoms with Crippen molar-refractivity contribution in [1.29, 1.82) is 0 Å². The molecule has 1 aromatic carbocycles. The number of methoxy groups -OCH3 is 1. The summed E-state index contributed by atoms with van der Waals surface area (Å²) in [7, 11) is 1.67. The van der Waals surface area contributed by atoms with E-state index in [-0.39, 0.29) is 17.9 Å². The van der Waals surface area contributed by atoms with Gasteiger partial charge in [-0.15, -0.1) is 13.2 Å². The maximum absolute atomic E-state index is 13.0. The van der Waals surface area contributed by atoms with Crippen molar-refractivity contribution in [3.8, 4) is 5.75 Å². The Morgan fingerprint density at radius 1 is 1.39 bits per heavy atom. The molecule has 1 atom stereocenters. The van der Waals surface area contributed by atoms with E-state index >= 15 is 0 Å². The first kappa shape index (κ1) is 17.3. The number of nitrogens with one attached hydrogen (secondary N) is 1. The first-order valence-corrected chi connectivity index (χ1v) is 8.08. The van der Waals surface area contributed by atoms with Crippen LogP contribution in [0.25, 0.3) is 0 Å². The van der Waals surface area contributed by atoms with Crippen molar-refractivity contribution in [2.24, 2.45) is 5.92 Å². The number of benzene rings is 1. The SMILES string of the molecule is C=CCC(CC=C)C(=O)N1CCNCC1c1ccccc1OC. The zero-order valence-corrected chi connectivity index (χ0v) is 13.8. The van der Waals surface area contributed by atoms with Crippen LogP contribution >= 0.6 is 0 Å². The fourth-order valence-corrected chi connectivity index (χ4v) is 3.12. The van der Waals surface area contributed by atoms with Crippen LogP contribution in [0.4, 0.5) is 0 Å². The van der Waals surface area contributed by atoms with E-state index in [1.807, 2.05) is 41.3 Å². The van der Waals surface area contributed by atoms with E-state index in [2.05, 4.69) is 18.5 Å². The van der Waals surface area contributed by atoms with E-state index in [4.69, 9.17) is 4.74 Å². The minimum absolute atomic E-state index is 0.00969. The van der Waals surface area contributed by atoms with Crippen LogP contribution in [0.3, 0.4) is 0 Å². The maximum atomic E-state index is 13.0. The van der Waals surface area contributed by atoms with Gasteiger partial charge in [-0.25, -0.2) is 0 Å². The van der Waals surface area contributed by atoms with Gasteiger partial charge in [-0.05, 0) is 18.9 Å². The van der Waals surface area contributed by atoms with Gasteiger partial charge in [-0.3, -0.25) is 4.79 Å².